The van der Waals surface area contributed by atoms with E-state index >= 15 is 0 Å². The van der Waals surface area contributed by atoms with E-state index in [1.54, 1.807) is 0 Å². The maximum atomic E-state index is 5.35. The van der Waals surface area contributed by atoms with Gasteiger partial charge in [0.1, 0.15) is 0 Å². The second-order valence-electron chi connectivity index (χ2n) is 20.6. The predicted octanol–water partition coefficient (Wildman–Crippen LogP) is 17.7. The summed E-state index contributed by atoms with van der Waals surface area (Å²) in [5.74, 6) is 1.48. The zero-order chi connectivity index (χ0) is 52.9. The molecule has 0 fully saturated rings. The Morgan fingerprint density at radius 2 is 0.537 bits per heavy atom. The molecule has 374 valence electrons. The molecule has 3 aliphatic rings. The number of nitrogens with zero attached hydrogens (tertiary/aromatic N) is 6. The van der Waals surface area contributed by atoms with Crippen molar-refractivity contribution in [2.75, 3.05) is 0 Å². The van der Waals surface area contributed by atoms with Crippen LogP contribution in [0.3, 0.4) is 0 Å². The van der Waals surface area contributed by atoms with Gasteiger partial charge in [0.05, 0.1) is 22.8 Å². The van der Waals surface area contributed by atoms with Crippen molar-refractivity contribution < 1.29 is 0 Å². The molecule has 16 rings (SSSR count). The Kier molecular flexibility index (Phi) is 11.6. The fourth-order valence-electron chi connectivity index (χ4n) is 12.1. The van der Waals surface area contributed by atoms with Crippen LogP contribution in [-0.4, -0.2) is 29.9 Å². The van der Waals surface area contributed by atoms with Gasteiger partial charge in [-0.2, -0.15) is 0 Å². The van der Waals surface area contributed by atoms with Gasteiger partial charge >= 0.3 is 0 Å². The van der Waals surface area contributed by atoms with Gasteiger partial charge in [-0.15, -0.1) is 0 Å². The highest BCUT2D eigenvalue weighted by Gasteiger charge is 2.41. The van der Waals surface area contributed by atoms with E-state index in [0.717, 1.165) is 101 Å². The topological polar surface area (TPSA) is 77.3 Å². The molecule has 0 spiro atoms. The summed E-state index contributed by atoms with van der Waals surface area (Å²) in [6.07, 6.45) is 7.32. The summed E-state index contributed by atoms with van der Waals surface area (Å²) in [5, 5.41) is 0. The van der Waals surface area contributed by atoms with Crippen LogP contribution in [0.15, 0.2) is 280 Å². The van der Waals surface area contributed by atoms with Gasteiger partial charge in [0, 0.05) is 70.0 Å². The summed E-state index contributed by atoms with van der Waals surface area (Å²) in [5.41, 5.74) is 26.7. The molecule has 9 aromatic carbocycles. The standard InChI is InChI=1S/C74H48N6/c1-3-13-51(14-4-1)67-45-68(52-27-23-47(24-28-52)49-35-39-75-40-36-49)79-74(78-67)64-22-12-8-18-58(64)56-32-34-63-66(44-56)72-61-21-11-10-20-60(61)71(63)65-43-55(31-33-62(65)72)57-17-7-9-19-59(57)70-46-69(77-73(80-70)54-15-5-2-6-16-54)53-29-25-48(26-30-53)50-37-41-76-42-38-50/h1-46,71-72H. The Balaban J connectivity index is 0.809. The Morgan fingerprint density at radius 3 is 1.05 bits per heavy atom. The van der Waals surface area contributed by atoms with Gasteiger partial charge < -0.3 is 0 Å². The highest BCUT2D eigenvalue weighted by Crippen LogP contribution is 2.57. The van der Waals surface area contributed by atoms with Crippen molar-refractivity contribution in [1.29, 1.82) is 0 Å². The van der Waals surface area contributed by atoms with Crippen molar-refractivity contribution in [1.82, 2.24) is 29.9 Å². The molecule has 4 heterocycles. The molecular formula is C74H48N6. The van der Waals surface area contributed by atoms with Crippen molar-refractivity contribution in [3.05, 3.63) is 313 Å². The smallest absolute Gasteiger partial charge is 0.161 e. The monoisotopic (exact) mass is 1020 g/mol. The molecule has 4 aromatic heterocycles. The molecule has 13 aromatic rings. The van der Waals surface area contributed by atoms with E-state index in [1.807, 2.05) is 73.3 Å². The highest BCUT2D eigenvalue weighted by atomic mass is 14.9. The minimum Gasteiger partial charge on any atom is -0.265 e. The molecule has 2 atom stereocenters. The van der Waals surface area contributed by atoms with Gasteiger partial charge in [0.15, 0.2) is 11.6 Å². The zero-order valence-electron chi connectivity index (χ0n) is 43.4. The number of hydrogen-bond acceptors (Lipinski definition) is 6. The van der Waals surface area contributed by atoms with Crippen LogP contribution in [0, 0.1) is 0 Å². The first-order valence-corrected chi connectivity index (χ1v) is 27.1. The van der Waals surface area contributed by atoms with E-state index in [9.17, 15) is 0 Å². The van der Waals surface area contributed by atoms with Gasteiger partial charge in [-0.3, -0.25) is 9.97 Å². The summed E-state index contributed by atoms with van der Waals surface area (Å²) >= 11 is 0. The molecule has 0 amide bonds. The second-order valence-corrected chi connectivity index (χ2v) is 20.6. The van der Waals surface area contributed by atoms with Crippen molar-refractivity contribution in [2.45, 2.75) is 11.8 Å². The molecule has 80 heavy (non-hydrogen) atoms. The molecule has 6 nitrogen and oxygen atoms in total. The van der Waals surface area contributed by atoms with Crippen LogP contribution in [0.25, 0.3) is 112 Å². The molecule has 2 bridgehead atoms. The third-order valence-corrected chi connectivity index (χ3v) is 16.0. The number of rotatable bonds is 10. The van der Waals surface area contributed by atoms with E-state index in [-0.39, 0.29) is 11.8 Å². The average molecular weight is 1020 g/mol. The van der Waals surface area contributed by atoms with Crippen LogP contribution in [-0.2, 0) is 0 Å². The first kappa shape index (κ1) is 46.7. The summed E-state index contributed by atoms with van der Waals surface area (Å²) in [6, 6.07) is 90.9. The number of benzene rings is 9. The third-order valence-electron chi connectivity index (χ3n) is 16.0. The Morgan fingerprint density at radius 1 is 0.200 bits per heavy atom. The van der Waals surface area contributed by atoms with Gasteiger partial charge in [0.2, 0.25) is 0 Å². The van der Waals surface area contributed by atoms with Crippen LogP contribution in [0.2, 0.25) is 0 Å². The van der Waals surface area contributed by atoms with E-state index < -0.39 is 0 Å². The normalized spacial score (nSPS) is 13.8. The fourth-order valence-corrected chi connectivity index (χ4v) is 12.1. The van der Waals surface area contributed by atoms with E-state index in [4.69, 9.17) is 19.9 Å². The summed E-state index contributed by atoms with van der Waals surface area (Å²) in [4.78, 5) is 29.6. The highest BCUT2D eigenvalue weighted by molar-refractivity contribution is 5.88. The molecule has 0 saturated heterocycles. The lowest BCUT2D eigenvalue weighted by Gasteiger charge is -2.42. The summed E-state index contributed by atoms with van der Waals surface area (Å²) in [7, 11) is 0. The van der Waals surface area contributed by atoms with E-state index in [1.165, 1.54) is 33.4 Å². The lowest BCUT2D eigenvalue weighted by Crippen LogP contribution is -2.27. The van der Waals surface area contributed by atoms with Crippen molar-refractivity contribution in [3.8, 4) is 112 Å². The van der Waals surface area contributed by atoms with Crippen molar-refractivity contribution in [2.24, 2.45) is 0 Å². The minimum atomic E-state index is 0.0554. The lowest BCUT2D eigenvalue weighted by atomic mass is 9.60. The number of pyridine rings is 2. The van der Waals surface area contributed by atoms with Crippen molar-refractivity contribution >= 4 is 0 Å². The fraction of sp³-hybridized carbons (Fsp3) is 0.0270. The lowest BCUT2D eigenvalue weighted by molar-refractivity contribution is 0.755. The van der Waals surface area contributed by atoms with Crippen LogP contribution < -0.4 is 0 Å². The zero-order valence-corrected chi connectivity index (χ0v) is 43.4. The second kappa shape index (κ2) is 19.8. The quantitative estimate of drug-likeness (QED) is 0.136. The van der Waals surface area contributed by atoms with Crippen LogP contribution in [0.4, 0.5) is 0 Å². The SMILES string of the molecule is c1ccc(-c2cc(-c3ccc(-c4ccncc4)cc3)nc(-c3ccccc3-c3ccc4c(c3)C3c5ccccc5C4c4cc(-c5ccccc5-c5cc(-c6ccc(-c7ccncc7)cc6)nc(-c6ccccc6)n5)ccc43)n2)cc1. The molecule has 0 saturated carbocycles. The van der Waals surface area contributed by atoms with E-state index in [0.29, 0.717) is 11.6 Å². The maximum Gasteiger partial charge on any atom is 0.161 e. The molecule has 0 radical (unpaired) electrons. The van der Waals surface area contributed by atoms with Gasteiger partial charge in [-0.05, 0) is 126 Å². The molecule has 0 N–H and O–H groups in total. The van der Waals surface area contributed by atoms with Crippen LogP contribution >= 0.6 is 0 Å². The summed E-state index contributed by atoms with van der Waals surface area (Å²) < 4.78 is 0. The van der Waals surface area contributed by atoms with Crippen LogP contribution in [0.5, 0.6) is 0 Å². The minimum absolute atomic E-state index is 0.0554. The van der Waals surface area contributed by atoms with Crippen molar-refractivity contribution in [3.63, 3.8) is 0 Å². The maximum absolute atomic E-state index is 5.35. The molecule has 2 unspecified atom stereocenters. The number of aromatic nitrogens is 6. The number of hydrogen-bond donors (Lipinski definition) is 0. The summed E-state index contributed by atoms with van der Waals surface area (Å²) in [6.45, 7) is 0. The largest absolute Gasteiger partial charge is 0.265 e. The average Bonchev–Trinajstić information content (AvgIpc) is 3.61. The predicted molar refractivity (Wildman–Crippen MR) is 322 cm³/mol. The first-order valence-electron chi connectivity index (χ1n) is 27.1. The molecule has 6 heteroatoms. The van der Waals surface area contributed by atoms with Gasteiger partial charge in [0.25, 0.3) is 0 Å². The first-order chi connectivity index (χ1) is 39.6. The third kappa shape index (κ3) is 8.38. The Labute approximate surface area is 464 Å². The van der Waals surface area contributed by atoms with Crippen LogP contribution in [0.1, 0.15) is 45.2 Å². The Hall–Kier alpha value is -10.6. The Bertz CT molecular complexity index is 4160. The molecule has 0 aliphatic heterocycles. The molecule has 3 aliphatic carbocycles. The van der Waals surface area contributed by atoms with Gasteiger partial charge in [-0.25, -0.2) is 19.9 Å². The van der Waals surface area contributed by atoms with Gasteiger partial charge in [-0.1, -0.05) is 206 Å². The van der Waals surface area contributed by atoms with E-state index in [2.05, 4.69) is 216 Å². The molecular weight excluding hydrogens is 973 g/mol.